The second-order valence-electron chi connectivity index (χ2n) is 8.21. The number of aryl methyl sites for hydroxylation is 1. The van der Waals surface area contributed by atoms with E-state index in [1.54, 1.807) is 10.8 Å². The highest BCUT2D eigenvalue weighted by molar-refractivity contribution is 6.11. The van der Waals surface area contributed by atoms with Gasteiger partial charge in [0.15, 0.2) is 5.69 Å². The maximum absolute atomic E-state index is 12.9. The number of esters is 1. The van der Waals surface area contributed by atoms with Crippen LogP contribution in [0.5, 0.6) is 0 Å². The van der Waals surface area contributed by atoms with Crippen molar-refractivity contribution in [3.05, 3.63) is 54.0 Å². The molecule has 9 heteroatoms. The van der Waals surface area contributed by atoms with Crippen molar-refractivity contribution in [1.82, 2.24) is 9.55 Å². The van der Waals surface area contributed by atoms with Crippen LogP contribution in [0.4, 0.5) is 11.4 Å². The van der Waals surface area contributed by atoms with Crippen LogP contribution in [0.15, 0.2) is 47.0 Å². The molecule has 1 saturated heterocycles. The lowest BCUT2D eigenvalue weighted by molar-refractivity contribution is -0.119. The number of carbonyl (C=O) groups excluding carboxylic acids is 2. The number of anilines is 2. The van der Waals surface area contributed by atoms with Crippen LogP contribution in [0, 0.1) is 5.92 Å². The molecule has 0 spiro atoms. The van der Waals surface area contributed by atoms with E-state index < -0.39 is 5.97 Å². The minimum atomic E-state index is -0.533. The first-order valence-electron chi connectivity index (χ1n) is 11.3. The van der Waals surface area contributed by atoms with Crippen LogP contribution in [-0.4, -0.2) is 41.8 Å². The minimum absolute atomic E-state index is 0.182. The van der Waals surface area contributed by atoms with Gasteiger partial charge in [0.1, 0.15) is 17.0 Å². The SMILES string of the molecule is CCn1c(C(=O)OC)c(NC(=O)[C@H]2CCOC2)c2cc(NCc3cc4ccccc4o3)cnc21. The number of rotatable bonds is 7. The number of ether oxygens (including phenoxy) is 2. The number of nitrogens with one attached hydrogen (secondary N) is 2. The fourth-order valence-corrected chi connectivity index (χ4v) is 4.34. The zero-order valence-corrected chi connectivity index (χ0v) is 19.1. The molecule has 2 N–H and O–H groups in total. The Morgan fingerprint density at radius 3 is 2.85 bits per heavy atom. The Kier molecular flexibility index (Phi) is 5.93. The molecule has 4 heterocycles. The summed E-state index contributed by atoms with van der Waals surface area (Å²) in [6.45, 7) is 3.78. The number of furan rings is 1. The van der Waals surface area contributed by atoms with Gasteiger partial charge in [-0.25, -0.2) is 9.78 Å². The smallest absolute Gasteiger partial charge is 0.356 e. The van der Waals surface area contributed by atoms with Crippen LogP contribution in [0.1, 0.15) is 29.6 Å². The van der Waals surface area contributed by atoms with Gasteiger partial charge in [-0.05, 0) is 31.5 Å². The Morgan fingerprint density at radius 1 is 1.26 bits per heavy atom. The molecule has 1 aliphatic rings. The predicted octanol–water partition coefficient (Wildman–Crippen LogP) is 4.18. The van der Waals surface area contributed by atoms with Crippen molar-refractivity contribution in [1.29, 1.82) is 0 Å². The first-order chi connectivity index (χ1) is 16.6. The number of hydrogen-bond acceptors (Lipinski definition) is 7. The fourth-order valence-electron chi connectivity index (χ4n) is 4.34. The summed E-state index contributed by atoms with van der Waals surface area (Å²) >= 11 is 0. The Labute approximate surface area is 196 Å². The molecule has 4 aromatic rings. The van der Waals surface area contributed by atoms with Gasteiger partial charge in [0.05, 0.1) is 43.8 Å². The van der Waals surface area contributed by atoms with E-state index in [1.807, 2.05) is 43.3 Å². The van der Waals surface area contributed by atoms with Gasteiger partial charge < -0.3 is 29.1 Å². The van der Waals surface area contributed by atoms with Gasteiger partial charge in [0.25, 0.3) is 0 Å². The fraction of sp³-hybridized carbons (Fsp3) is 0.320. The molecular formula is C25H26N4O5. The van der Waals surface area contributed by atoms with Crippen molar-refractivity contribution in [2.45, 2.75) is 26.4 Å². The third kappa shape index (κ3) is 3.99. The molecule has 0 unspecified atom stereocenters. The summed E-state index contributed by atoms with van der Waals surface area (Å²) in [5, 5.41) is 7.98. The molecule has 0 bridgehead atoms. The standard InChI is InChI=1S/C25H26N4O5/c1-3-29-22(25(31)32-2)21(28-24(30)16-8-9-33-14-16)19-11-17(12-27-23(19)29)26-13-18-10-15-6-4-5-7-20(15)34-18/h4-7,10-12,16,26H,3,8-9,13-14H2,1-2H3,(H,28,30)/t16-/m0/s1. The molecule has 0 saturated carbocycles. The van der Waals surface area contributed by atoms with Crippen molar-refractivity contribution >= 4 is 45.3 Å². The van der Waals surface area contributed by atoms with Gasteiger partial charge >= 0.3 is 5.97 Å². The molecule has 3 aromatic heterocycles. The summed E-state index contributed by atoms with van der Waals surface area (Å²) in [5.41, 5.74) is 2.83. The van der Waals surface area contributed by atoms with E-state index in [2.05, 4.69) is 15.6 Å². The number of aromatic nitrogens is 2. The zero-order valence-electron chi connectivity index (χ0n) is 19.1. The average molecular weight is 463 g/mol. The second-order valence-corrected chi connectivity index (χ2v) is 8.21. The monoisotopic (exact) mass is 462 g/mol. The van der Waals surface area contributed by atoms with Crippen molar-refractivity contribution < 1.29 is 23.5 Å². The van der Waals surface area contributed by atoms with E-state index in [0.29, 0.717) is 49.4 Å². The van der Waals surface area contributed by atoms with E-state index in [0.717, 1.165) is 22.4 Å². The summed E-state index contributed by atoms with van der Waals surface area (Å²) in [6.07, 6.45) is 2.35. The molecule has 1 aromatic carbocycles. The predicted molar refractivity (Wildman–Crippen MR) is 128 cm³/mol. The van der Waals surface area contributed by atoms with Gasteiger partial charge in [-0.3, -0.25) is 4.79 Å². The van der Waals surface area contributed by atoms with Crippen molar-refractivity contribution in [3.8, 4) is 0 Å². The molecule has 9 nitrogen and oxygen atoms in total. The number of amides is 1. The summed E-state index contributed by atoms with van der Waals surface area (Å²) in [5.74, 6) is -0.182. The highest BCUT2D eigenvalue weighted by atomic mass is 16.5. The van der Waals surface area contributed by atoms with Crippen LogP contribution in [-0.2, 0) is 27.4 Å². The van der Waals surface area contributed by atoms with Crippen LogP contribution < -0.4 is 10.6 Å². The van der Waals surface area contributed by atoms with E-state index in [9.17, 15) is 9.59 Å². The summed E-state index contributed by atoms with van der Waals surface area (Å²) in [4.78, 5) is 30.2. The largest absolute Gasteiger partial charge is 0.464 e. The van der Waals surface area contributed by atoms with Gasteiger partial charge in [0.2, 0.25) is 5.91 Å². The zero-order chi connectivity index (χ0) is 23.7. The van der Waals surface area contributed by atoms with E-state index in [1.165, 1.54) is 7.11 Å². The number of para-hydroxylation sites is 1. The van der Waals surface area contributed by atoms with Crippen molar-refractivity contribution in [3.63, 3.8) is 0 Å². The normalized spacial score (nSPS) is 15.6. The average Bonchev–Trinajstić information content (AvgIpc) is 3.59. The number of carbonyl (C=O) groups is 2. The maximum atomic E-state index is 12.9. The van der Waals surface area contributed by atoms with E-state index >= 15 is 0 Å². The van der Waals surface area contributed by atoms with Gasteiger partial charge in [-0.1, -0.05) is 18.2 Å². The number of fused-ring (bicyclic) bond motifs is 2. The van der Waals surface area contributed by atoms with E-state index in [-0.39, 0.29) is 17.5 Å². The van der Waals surface area contributed by atoms with Crippen LogP contribution in [0.3, 0.4) is 0 Å². The van der Waals surface area contributed by atoms with Crippen LogP contribution >= 0.6 is 0 Å². The van der Waals surface area contributed by atoms with Gasteiger partial charge in [-0.15, -0.1) is 0 Å². The molecule has 5 rings (SSSR count). The third-order valence-corrected chi connectivity index (χ3v) is 6.09. The molecule has 176 valence electrons. The van der Waals surface area contributed by atoms with Crippen molar-refractivity contribution in [2.24, 2.45) is 5.92 Å². The molecule has 0 aliphatic carbocycles. The maximum Gasteiger partial charge on any atom is 0.356 e. The molecular weight excluding hydrogens is 436 g/mol. The lowest BCUT2D eigenvalue weighted by Crippen LogP contribution is -2.24. The number of methoxy groups -OCH3 is 1. The highest BCUT2D eigenvalue weighted by Crippen LogP contribution is 2.33. The molecule has 34 heavy (non-hydrogen) atoms. The Hall–Kier alpha value is -3.85. The highest BCUT2D eigenvalue weighted by Gasteiger charge is 2.29. The molecule has 1 amide bonds. The Balaban J connectivity index is 1.49. The topological polar surface area (TPSA) is 108 Å². The first-order valence-corrected chi connectivity index (χ1v) is 11.3. The van der Waals surface area contributed by atoms with Gasteiger partial charge in [0, 0.05) is 23.9 Å². The van der Waals surface area contributed by atoms with Crippen LogP contribution in [0.25, 0.3) is 22.0 Å². The van der Waals surface area contributed by atoms with Crippen LogP contribution in [0.2, 0.25) is 0 Å². The summed E-state index contributed by atoms with van der Waals surface area (Å²) in [6, 6.07) is 11.7. The molecule has 1 aliphatic heterocycles. The lowest BCUT2D eigenvalue weighted by atomic mass is 10.1. The Morgan fingerprint density at radius 2 is 2.12 bits per heavy atom. The van der Waals surface area contributed by atoms with Crippen molar-refractivity contribution in [2.75, 3.05) is 31.0 Å². The van der Waals surface area contributed by atoms with E-state index in [4.69, 9.17) is 13.9 Å². The lowest BCUT2D eigenvalue weighted by Gasteiger charge is -2.11. The second kappa shape index (κ2) is 9.18. The Bertz CT molecular complexity index is 1330. The molecule has 1 atom stereocenters. The number of hydrogen-bond donors (Lipinski definition) is 2. The number of nitrogens with zero attached hydrogens (tertiary/aromatic N) is 2. The number of benzene rings is 1. The first kappa shape index (κ1) is 22.0. The minimum Gasteiger partial charge on any atom is -0.464 e. The summed E-state index contributed by atoms with van der Waals surface area (Å²) < 4.78 is 18.0. The number of pyridine rings is 1. The molecule has 0 radical (unpaired) electrons. The summed E-state index contributed by atoms with van der Waals surface area (Å²) in [7, 11) is 1.32. The quantitative estimate of drug-likeness (QED) is 0.397. The third-order valence-electron chi connectivity index (χ3n) is 6.09. The van der Waals surface area contributed by atoms with Gasteiger partial charge in [-0.2, -0.15) is 0 Å². The molecule has 1 fully saturated rings.